The number of aromatic hydroxyl groups is 1. The lowest BCUT2D eigenvalue weighted by molar-refractivity contribution is 0.101. The molecule has 0 unspecified atom stereocenters. The number of carbonyl (C=O) groups excluding carboxylic acids is 1. The van der Waals surface area contributed by atoms with Gasteiger partial charge in [0.15, 0.2) is 5.78 Å². The molecule has 4 nitrogen and oxygen atoms in total. The highest BCUT2D eigenvalue weighted by atomic mass is 16.5. The molecule has 0 aliphatic carbocycles. The molecule has 0 aliphatic heterocycles. The maximum absolute atomic E-state index is 11.3. The van der Waals surface area contributed by atoms with Crippen molar-refractivity contribution < 1.29 is 14.6 Å². The maximum atomic E-state index is 11.3. The van der Waals surface area contributed by atoms with E-state index in [2.05, 4.69) is 0 Å². The molecular weight excluding hydrogens is 254 g/mol. The highest BCUT2D eigenvalue weighted by Gasteiger charge is 2.12. The Kier molecular flexibility index (Phi) is 3.94. The van der Waals surface area contributed by atoms with Crippen LogP contribution in [-0.4, -0.2) is 25.0 Å². The second-order valence-electron chi connectivity index (χ2n) is 4.49. The average Bonchev–Trinajstić information content (AvgIpc) is 2.45. The number of phenols is 1. The molecule has 0 saturated carbocycles. The van der Waals surface area contributed by atoms with Crippen LogP contribution in [0.1, 0.15) is 17.3 Å². The number of phenolic OH excluding ortho intramolecular Hbond substituents is 1. The standard InChI is InChI=1S/C16H17NO3/c1-11(18)13-9-8-12(10-15(13)19)17(2)14-6-4-5-7-16(14)20-3/h4-10,19H,1-3H3. The van der Waals surface area contributed by atoms with Gasteiger partial charge in [-0.05, 0) is 31.2 Å². The largest absolute Gasteiger partial charge is 0.507 e. The number of hydrogen-bond acceptors (Lipinski definition) is 4. The summed E-state index contributed by atoms with van der Waals surface area (Å²) in [6.45, 7) is 1.43. The fraction of sp³-hybridized carbons (Fsp3) is 0.188. The van der Waals surface area contributed by atoms with Crippen LogP contribution < -0.4 is 9.64 Å². The zero-order chi connectivity index (χ0) is 14.7. The van der Waals surface area contributed by atoms with Gasteiger partial charge < -0.3 is 14.7 Å². The molecule has 0 aromatic heterocycles. The smallest absolute Gasteiger partial charge is 0.163 e. The van der Waals surface area contributed by atoms with Gasteiger partial charge in [-0.15, -0.1) is 0 Å². The van der Waals surface area contributed by atoms with Crippen molar-refractivity contribution in [3.05, 3.63) is 48.0 Å². The van der Waals surface area contributed by atoms with Gasteiger partial charge >= 0.3 is 0 Å². The van der Waals surface area contributed by atoms with E-state index in [4.69, 9.17) is 4.74 Å². The van der Waals surface area contributed by atoms with Gasteiger partial charge in [-0.2, -0.15) is 0 Å². The molecule has 104 valence electrons. The SMILES string of the molecule is COc1ccccc1N(C)c1ccc(C(C)=O)c(O)c1. The summed E-state index contributed by atoms with van der Waals surface area (Å²) in [5, 5.41) is 9.91. The predicted molar refractivity (Wildman–Crippen MR) is 79.2 cm³/mol. The third-order valence-electron chi connectivity index (χ3n) is 3.19. The topological polar surface area (TPSA) is 49.8 Å². The minimum atomic E-state index is -0.158. The monoisotopic (exact) mass is 271 g/mol. The molecule has 20 heavy (non-hydrogen) atoms. The number of rotatable bonds is 4. The van der Waals surface area contributed by atoms with E-state index in [1.807, 2.05) is 36.2 Å². The van der Waals surface area contributed by atoms with E-state index in [-0.39, 0.29) is 11.5 Å². The molecule has 4 heteroatoms. The number of nitrogens with zero attached hydrogens (tertiary/aromatic N) is 1. The van der Waals surface area contributed by atoms with Crippen LogP contribution in [0.3, 0.4) is 0 Å². The van der Waals surface area contributed by atoms with Crippen LogP contribution in [0.25, 0.3) is 0 Å². The minimum absolute atomic E-state index is 0.0169. The number of ether oxygens (including phenoxy) is 1. The van der Waals surface area contributed by atoms with Crippen molar-refractivity contribution in [3.63, 3.8) is 0 Å². The third kappa shape index (κ3) is 2.59. The van der Waals surface area contributed by atoms with Crippen molar-refractivity contribution in [3.8, 4) is 11.5 Å². The van der Waals surface area contributed by atoms with Crippen molar-refractivity contribution in [1.29, 1.82) is 0 Å². The second kappa shape index (κ2) is 5.65. The molecule has 0 fully saturated rings. The molecule has 0 amide bonds. The van der Waals surface area contributed by atoms with E-state index in [1.165, 1.54) is 6.92 Å². The van der Waals surface area contributed by atoms with Crippen molar-refractivity contribution in [1.82, 2.24) is 0 Å². The lowest BCUT2D eigenvalue weighted by Crippen LogP contribution is -2.11. The number of ketones is 1. The summed E-state index contributed by atoms with van der Waals surface area (Å²) in [7, 11) is 3.49. The highest BCUT2D eigenvalue weighted by molar-refractivity contribution is 5.97. The van der Waals surface area contributed by atoms with Gasteiger partial charge in [-0.25, -0.2) is 0 Å². The van der Waals surface area contributed by atoms with Crippen LogP contribution in [0.4, 0.5) is 11.4 Å². The molecule has 0 radical (unpaired) electrons. The first-order valence-electron chi connectivity index (χ1n) is 6.25. The molecule has 0 heterocycles. The number of Topliss-reactive ketones (excluding diaryl/α,β-unsaturated/α-hetero) is 1. The summed E-state index contributed by atoms with van der Waals surface area (Å²) < 4.78 is 5.32. The lowest BCUT2D eigenvalue weighted by Gasteiger charge is -2.22. The van der Waals surface area contributed by atoms with Gasteiger partial charge in [0.05, 0.1) is 18.4 Å². The summed E-state index contributed by atoms with van der Waals surface area (Å²) in [6.07, 6.45) is 0. The Morgan fingerprint density at radius 2 is 1.90 bits per heavy atom. The van der Waals surface area contributed by atoms with Crippen molar-refractivity contribution in [2.45, 2.75) is 6.92 Å². The minimum Gasteiger partial charge on any atom is -0.507 e. The van der Waals surface area contributed by atoms with E-state index in [1.54, 1.807) is 25.3 Å². The molecule has 0 atom stereocenters. The molecule has 2 rings (SSSR count). The van der Waals surface area contributed by atoms with Crippen LogP contribution in [0.5, 0.6) is 11.5 Å². The number of para-hydroxylation sites is 2. The van der Waals surface area contributed by atoms with Gasteiger partial charge in [0.1, 0.15) is 11.5 Å². The molecule has 0 saturated heterocycles. The van der Waals surface area contributed by atoms with E-state index in [0.717, 1.165) is 17.1 Å². The number of hydrogen-bond donors (Lipinski definition) is 1. The van der Waals surface area contributed by atoms with Gasteiger partial charge in [0.2, 0.25) is 0 Å². The first-order chi connectivity index (χ1) is 9.54. The predicted octanol–water partition coefficient (Wildman–Crippen LogP) is 3.37. The van der Waals surface area contributed by atoms with Gasteiger partial charge in [-0.3, -0.25) is 4.79 Å². The van der Waals surface area contributed by atoms with Gasteiger partial charge in [-0.1, -0.05) is 12.1 Å². The summed E-state index contributed by atoms with van der Waals surface area (Å²) in [4.78, 5) is 13.2. The maximum Gasteiger partial charge on any atom is 0.163 e. The van der Waals surface area contributed by atoms with Gasteiger partial charge in [0.25, 0.3) is 0 Å². The highest BCUT2D eigenvalue weighted by Crippen LogP contribution is 2.34. The van der Waals surface area contributed by atoms with Crippen LogP contribution in [0, 0.1) is 0 Å². The van der Waals surface area contributed by atoms with Crippen molar-refractivity contribution in [2.24, 2.45) is 0 Å². The van der Waals surface area contributed by atoms with Gasteiger partial charge in [0, 0.05) is 18.8 Å². The molecule has 0 aliphatic rings. The molecule has 1 N–H and O–H groups in total. The molecular formula is C16H17NO3. The fourth-order valence-corrected chi connectivity index (χ4v) is 2.07. The zero-order valence-corrected chi connectivity index (χ0v) is 11.8. The zero-order valence-electron chi connectivity index (χ0n) is 11.8. The Balaban J connectivity index is 2.41. The molecule has 2 aromatic rings. The Bertz CT molecular complexity index is 637. The normalized spacial score (nSPS) is 10.2. The Labute approximate surface area is 118 Å². The van der Waals surface area contributed by atoms with E-state index in [9.17, 15) is 9.90 Å². The molecule has 2 aromatic carbocycles. The van der Waals surface area contributed by atoms with Crippen molar-refractivity contribution in [2.75, 3.05) is 19.1 Å². The summed E-state index contributed by atoms with van der Waals surface area (Å²) in [5.41, 5.74) is 1.98. The molecule has 0 bridgehead atoms. The van der Waals surface area contributed by atoms with Crippen LogP contribution in [0.2, 0.25) is 0 Å². The Morgan fingerprint density at radius 3 is 2.50 bits per heavy atom. The first kappa shape index (κ1) is 13.9. The number of methoxy groups -OCH3 is 1. The average molecular weight is 271 g/mol. The fourth-order valence-electron chi connectivity index (χ4n) is 2.07. The van der Waals surface area contributed by atoms with E-state index in [0.29, 0.717) is 5.56 Å². The Morgan fingerprint density at radius 1 is 1.20 bits per heavy atom. The molecule has 0 spiro atoms. The van der Waals surface area contributed by atoms with E-state index >= 15 is 0 Å². The second-order valence-corrected chi connectivity index (χ2v) is 4.49. The van der Waals surface area contributed by atoms with Crippen LogP contribution in [-0.2, 0) is 0 Å². The third-order valence-corrected chi connectivity index (χ3v) is 3.19. The number of benzene rings is 2. The summed E-state index contributed by atoms with van der Waals surface area (Å²) >= 11 is 0. The van der Waals surface area contributed by atoms with Crippen LogP contribution in [0.15, 0.2) is 42.5 Å². The summed E-state index contributed by atoms with van der Waals surface area (Å²) in [6, 6.07) is 12.6. The summed E-state index contributed by atoms with van der Waals surface area (Å²) in [5.74, 6) is 0.566. The number of anilines is 2. The first-order valence-corrected chi connectivity index (χ1v) is 6.25. The van der Waals surface area contributed by atoms with E-state index < -0.39 is 0 Å². The Hall–Kier alpha value is -2.49. The number of carbonyl (C=O) groups is 1. The quantitative estimate of drug-likeness (QED) is 0.866. The van der Waals surface area contributed by atoms with Crippen molar-refractivity contribution >= 4 is 17.2 Å². The lowest BCUT2D eigenvalue weighted by atomic mass is 10.1. The van der Waals surface area contributed by atoms with Crippen LogP contribution >= 0.6 is 0 Å².